The molecular weight excluding hydrogens is 252 g/mol. The van der Waals surface area contributed by atoms with E-state index in [1.807, 2.05) is 0 Å². The summed E-state index contributed by atoms with van der Waals surface area (Å²) >= 11 is 5.72. The highest BCUT2D eigenvalue weighted by Gasteiger charge is 2.18. The summed E-state index contributed by atoms with van der Waals surface area (Å²) in [6.45, 7) is 5.46. The maximum Gasteiger partial charge on any atom is 0.251 e. The van der Waals surface area contributed by atoms with Crippen molar-refractivity contribution in [1.82, 2.24) is 5.32 Å². The van der Waals surface area contributed by atoms with Crippen LogP contribution in [0.15, 0.2) is 36.4 Å². The van der Waals surface area contributed by atoms with Gasteiger partial charge in [-0.05, 0) is 37.6 Å². The van der Waals surface area contributed by atoms with Crippen LogP contribution in [0.1, 0.15) is 23.7 Å². The van der Waals surface area contributed by atoms with Crippen molar-refractivity contribution in [3.05, 3.63) is 47.0 Å². The van der Waals surface area contributed by atoms with Gasteiger partial charge in [-0.3, -0.25) is 9.59 Å². The van der Waals surface area contributed by atoms with Crippen LogP contribution in [0.4, 0.5) is 0 Å². The van der Waals surface area contributed by atoms with E-state index >= 15 is 0 Å². The van der Waals surface area contributed by atoms with Gasteiger partial charge in [0.15, 0.2) is 0 Å². The van der Waals surface area contributed by atoms with E-state index in [2.05, 4.69) is 11.9 Å². The van der Waals surface area contributed by atoms with Gasteiger partial charge in [0, 0.05) is 10.6 Å². The highest BCUT2D eigenvalue weighted by atomic mass is 35.5. The molecule has 0 aliphatic heterocycles. The van der Waals surface area contributed by atoms with E-state index in [4.69, 9.17) is 17.3 Å². The molecule has 1 atom stereocenters. The van der Waals surface area contributed by atoms with Crippen LogP contribution in [0.25, 0.3) is 0 Å². The van der Waals surface area contributed by atoms with Crippen LogP contribution in [-0.4, -0.2) is 17.9 Å². The summed E-state index contributed by atoms with van der Waals surface area (Å²) in [5.41, 5.74) is 6.42. The lowest BCUT2D eigenvalue weighted by Gasteiger charge is -2.15. The van der Waals surface area contributed by atoms with Crippen LogP contribution in [-0.2, 0) is 4.79 Å². The molecule has 0 saturated heterocycles. The SMILES string of the molecule is C=C(C)C[C@H](NC(=O)c1ccc(Cl)cc1)C(N)=O. The summed E-state index contributed by atoms with van der Waals surface area (Å²) in [7, 11) is 0. The van der Waals surface area contributed by atoms with E-state index in [9.17, 15) is 9.59 Å². The molecule has 0 radical (unpaired) electrons. The average molecular weight is 267 g/mol. The Morgan fingerprint density at radius 1 is 1.39 bits per heavy atom. The Labute approximate surface area is 111 Å². The van der Waals surface area contributed by atoms with Crippen molar-refractivity contribution in [3.63, 3.8) is 0 Å². The summed E-state index contributed by atoms with van der Waals surface area (Å²) in [5.74, 6) is -0.947. The molecule has 1 aromatic carbocycles. The Morgan fingerprint density at radius 3 is 2.39 bits per heavy atom. The number of hydrogen-bond donors (Lipinski definition) is 2. The molecule has 5 heteroatoms. The number of rotatable bonds is 5. The van der Waals surface area contributed by atoms with Gasteiger partial charge in [-0.1, -0.05) is 17.2 Å². The van der Waals surface area contributed by atoms with Crippen molar-refractivity contribution >= 4 is 23.4 Å². The molecule has 0 bridgehead atoms. The third kappa shape index (κ3) is 4.22. The first kappa shape index (κ1) is 14.3. The number of carbonyl (C=O) groups is 2. The molecule has 0 spiro atoms. The van der Waals surface area contributed by atoms with Crippen molar-refractivity contribution < 1.29 is 9.59 Å². The number of halogens is 1. The average Bonchev–Trinajstić information content (AvgIpc) is 2.28. The van der Waals surface area contributed by atoms with Gasteiger partial charge in [-0.25, -0.2) is 0 Å². The molecule has 0 unspecified atom stereocenters. The minimum absolute atomic E-state index is 0.328. The molecular formula is C13H15ClN2O2. The highest BCUT2D eigenvalue weighted by Crippen LogP contribution is 2.10. The number of hydrogen-bond acceptors (Lipinski definition) is 2. The summed E-state index contributed by atoms with van der Waals surface area (Å²) in [4.78, 5) is 23.1. The Morgan fingerprint density at radius 2 is 1.94 bits per heavy atom. The molecule has 0 aliphatic rings. The van der Waals surface area contributed by atoms with Gasteiger partial charge in [-0.15, -0.1) is 6.58 Å². The predicted molar refractivity (Wildman–Crippen MR) is 71.3 cm³/mol. The van der Waals surface area contributed by atoms with E-state index in [-0.39, 0.29) is 5.91 Å². The summed E-state index contributed by atoms with van der Waals surface area (Å²) in [6, 6.07) is 5.63. The van der Waals surface area contributed by atoms with Crippen molar-refractivity contribution in [2.75, 3.05) is 0 Å². The minimum Gasteiger partial charge on any atom is -0.368 e. The second-order valence-electron chi connectivity index (χ2n) is 4.10. The summed E-state index contributed by atoms with van der Waals surface area (Å²) in [5, 5.41) is 3.11. The fourth-order valence-electron chi connectivity index (χ4n) is 1.41. The first-order valence-electron chi connectivity index (χ1n) is 5.40. The second kappa shape index (κ2) is 6.21. The van der Waals surface area contributed by atoms with Crippen LogP contribution in [0.5, 0.6) is 0 Å². The molecule has 0 aliphatic carbocycles. The number of amides is 2. The first-order chi connectivity index (χ1) is 8.40. The number of benzene rings is 1. The van der Waals surface area contributed by atoms with Gasteiger partial charge in [0.05, 0.1) is 0 Å². The minimum atomic E-state index is -0.745. The van der Waals surface area contributed by atoms with E-state index in [1.165, 1.54) is 0 Å². The monoisotopic (exact) mass is 266 g/mol. The molecule has 0 saturated carbocycles. The molecule has 18 heavy (non-hydrogen) atoms. The zero-order valence-corrected chi connectivity index (χ0v) is 10.8. The van der Waals surface area contributed by atoms with Crippen molar-refractivity contribution in [2.45, 2.75) is 19.4 Å². The predicted octanol–water partition coefficient (Wildman–Crippen LogP) is 1.89. The quantitative estimate of drug-likeness (QED) is 0.799. The maximum atomic E-state index is 11.9. The first-order valence-corrected chi connectivity index (χ1v) is 5.78. The highest BCUT2D eigenvalue weighted by molar-refractivity contribution is 6.30. The van der Waals surface area contributed by atoms with Gasteiger partial charge in [0.2, 0.25) is 5.91 Å². The van der Waals surface area contributed by atoms with Crippen molar-refractivity contribution in [2.24, 2.45) is 5.73 Å². The Hall–Kier alpha value is -1.81. The van der Waals surface area contributed by atoms with Crippen LogP contribution >= 0.6 is 11.6 Å². The second-order valence-corrected chi connectivity index (χ2v) is 4.53. The van der Waals surface area contributed by atoms with Gasteiger partial charge < -0.3 is 11.1 Å². The Kier molecular flexibility index (Phi) is 4.92. The maximum absolute atomic E-state index is 11.9. The molecule has 96 valence electrons. The number of carbonyl (C=O) groups excluding carboxylic acids is 2. The standard InChI is InChI=1S/C13H15ClN2O2/c1-8(2)7-11(12(15)17)16-13(18)9-3-5-10(14)6-4-9/h3-6,11H,1,7H2,2H3,(H2,15,17)(H,16,18)/t11-/m0/s1. The van der Waals surface area contributed by atoms with Crippen LogP contribution in [0.3, 0.4) is 0 Å². The fraction of sp³-hybridized carbons (Fsp3) is 0.231. The van der Waals surface area contributed by atoms with E-state index in [0.717, 1.165) is 5.57 Å². The third-order valence-corrected chi connectivity index (χ3v) is 2.56. The topological polar surface area (TPSA) is 72.2 Å². The fourth-order valence-corrected chi connectivity index (χ4v) is 1.54. The lowest BCUT2D eigenvalue weighted by atomic mass is 10.1. The Bertz CT molecular complexity index is 468. The van der Waals surface area contributed by atoms with Gasteiger partial charge in [0.1, 0.15) is 6.04 Å². The molecule has 1 aromatic rings. The lowest BCUT2D eigenvalue weighted by Crippen LogP contribution is -2.44. The van der Waals surface area contributed by atoms with E-state index in [1.54, 1.807) is 31.2 Å². The summed E-state index contributed by atoms with van der Waals surface area (Å²) in [6.07, 6.45) is 0.328. The van der Waals surface area contributed by atoms with E-state index < -0.39 is 11.9 Å². The summed E-state index contributed by atoms with van der Waals surface area (Å²) < 4.78 is 0. The molecule has 0 heterocycles. The van der Waals surface area contributed by atoms with Crippen molar-refractivity contribution in [1.29, 1.82) is 0 Å². The molecule has 2 amide bonds. The number of nitrogens with two attached hydrogens (primary N) is 1. The molecule has 4 nitrogen and oxygen atoms in total. The zero-order chi connectivity index (χ0) is 13.7. The van der Waals surface area contributed by atoms with Gasteiger partial charge in [0.25, 0.3) is 5.91 Å². The molecule has 0 fully saturated rings. The normalized spacial score (nSPS) is 11.7. The lowest BCUT2D eigenvalue weighted by molar-refractivity contribution is -0.119. The largest absolute Gasteiger partial charge is 0.368 e. The van der Waals surface area contributed by atoms with E-state index in [0.29, 0.717) is 17.0 Å². The van der Waals surface area contributed by atoms with Crippen molar-refractivity contribution in [3.8, 4) is 0 Å². The van der Waals surface area contributed by atoms with Gasteiger partial charge >= 0.3 is 0 Å². The number of nitrogens with one attached hydrogen (secondary N) is 1. The molecule has 0 aromatic heterocycles. The smallest absolute Gasteiger partial charge is 0.251 e. The zero-order valence-electron chi connectivity index (χ0n) is 10.1. The number of primary amides is 1. The third-order valence-electron chi connectivity index (χ3n) is 2.31. The van der Waals surface area contributed by atoms with Crippen LogP contribution < -0.4 is 11.1 Å². The van der Waals surface area contributed by atoms with Crippen LogP contribution in [0, 0.1) is 0 Å². The van der Waals surface area contributed by atoms with Gasteiger partial charge in [-0.2, -0.15) is 0 Å². The molecule has 3 N–H and O–H groups in total. The molecule has 1 rings (SSSR count). The van der Waals surface area contributed by atoms with Crippen LogP contribution in [0.2, 0.25) is 5.02 Å². The Balaban J connectivity index is 2.75.